The number of para-hydroxylation sites is 1. The molecule has 0 aliphatic rings. The smallest absolute Gasteiger partial charge is 0.221 e. The molecule has 0 aliphatic heterocycles. The van der Waals surface area contributed by atoms with Gasteiger partial charge in [-0.3, -0.25) is 4.79 Å². The van der Waals surface area contributed by atoms with E-state index in [4.69, 9.17) is 0 Å². The van der Waals surface area contributed by atoms with Crippen LogP contribution in [0.1, 0.15) is 23.2 Å². The summed E-state index contributed by atoms with van der Waals surface area (Å²) in [5.41, 5.74) is 3.10. The number of amides is 1. The minimum Gasteiger partial charge on any atom is -0.326 e. The molecule has 0 atom stereocenters. The minimum absolute atomic E-state index is 0.0459. The first kappa shape index (κ1) is 14.7. The number of carbonyl (C=O) groups is 1. The number of aromatic nitrogens is 1. The molecule has 0 unspecified atom stereocenters. The van der Waals surface area contributed by atoms with Crippen molar-refractivity contribution in [3.63, 3.8) is 0 Å². The Labute approximate surface area is 123 Å². The van der Waals surface area contributed by atoms with Crippen molar-refractivity contribution in [2.45, 2.75) is 26.8 Å². The summed E-state index contributed by atoms with van der Waals surface area (Å²) in [4.78, 5) is 15.6. The van der Waals surface area contributed by atoms with Gasteiger partial charge in [0.25, 0.3) is 0 Å². The SMILES string of the molecule is CC(=O)Nc1ccccc1CNCCc1csc(C)n1. The Bertz CT molecular complexity index is 580. The number of rotatable bonds is 6. The highest BCUT2D eigenvalue weighted by Gasteiger charge is 2.03. The predicted octanol–water partition coefficient (Wildman–Crippen LogP) is 2.74. The van der Waals surface area contributed by atoms with Crippen LogP contribution in [0.5, 0.6) is 0 Å². The van der Waals surface area contributed by atoms with Gasteiger partial charge in [-0.15, -0.1) is 11.3 Å². The van der Waals surface area contributed by atoms with Gasteiger partial charge in [0, 0.05) is 37.5 Å². The van der Waals surface area contributed by atoms with Crippen LogP contribution < -0.4 is 10.6 Å². The lowest BCUT2D eigenvalue weighted by molar-refractivity contribution is -0.114. The molecule has 0 fully saturated rings. The van der Waals surface area contributed by atoms with Crippen LogP contribution in [0.3, 0.4) is 0 Å². The van der Waals surface area contributed by atoms with E-state index in [1.807, 2.05) is 31.2 Å². The van der Waals surface area contributed by atoms with Crippen LogP contribution in [0.4, 0.5) is 5.69 Å². The fourth-order valence-electron chi connectivity index (χ4n) is 1.95. The third kappa shape index (κ3) is 4.43. The van der Waals surface area contributed by atoms with Crippen LogP contribution in [0, 0.1) is 6.92 Å². The van der Waals surface area contributed by atoms with Gasteiger partial charge in [-0.2, -0.15) is 0 Å². The topological polar surface area (TPSA) is 54.0 Å². The molecule has 1 aromatic carbocycles. The molecule has 1 aromatic heterocycles. The summed E-state index contributed by atoms with van der Waals surface area (Å²) < 4.78 is 0. The molecule has 1 heterocycles. The van der Waals surface area contributed by atoms with Crippen molar-refractivity contribution >= 4 is 22.9 Å². The summed E-state index contributed by atoms with van der Waals surface area (Å²) in [5, 5.41) is 9.44. The van der Waals surface area contributed by atoms with Crippen LogP contribution in [-0.4, -0.2) is 17.4 Å². The second-order valence-corrected chi connectivity index (χ2v) is 5.69. The fraction of sp³-hybridized carbons (Fsp3) is 0.333. The van der Waals surface area contributed by atoms with Gasteiger partial charge in [-0.1, -0.05) is 18.2 Å². The molecule has 0 aliphatic carbocycles. The number of aryl methyl sites for hydroxylation is 1. The molecule has 4 nitrogen and oxygen atoms in total. The van der Waals surface area contributed by atoms with E-state index in [1.54, 1.807) is 11.3 Å². The molecule has 106 valence electrons. The number of hydrogen-bond donors (Lipinski definition) is 2. The molecule has 5 heteroatoms. The Balaban J connectivity index is 1.83. The van der Waals surface area contributed by atoms with Crippen molar-refractivity contribution in [2.24, 2.45) is 0 Å². The maximum Gasteiger partial charge on any atom is 0.221 e. The van der Waals surface area contributed by atoms with E-state index < -0.39 is 0 Å². The van der Waals surface area contributed by atoms with Crippen LogP contribution >= 0.6 is 11.3 Å². The van der Waals surface area contributed by atoms with Gasteiger partial charge in [0.2, 0.25) is 5.91 Å². The Morgan fingerprint density at radius 1 is 1.35 bits per heavy atom. The second-order valence-electron chi connectivity index (χ2n) is 4.62. The van der Waals surface area contributed by atoms with Crippen molar-refractivity contribution in [1.82, 2.24) is 10.3 Å². The predicted molar refractivity (Wildman–Crippen MR) is 83.0 cm³/mol. The molecule has 0 bridgehead atoms. The van der Waals surface area contributed by atoms with E-state index in [9.17, 15) is 4.79 Å². The summed E-state index contributed by atoms with van der Waals surface area (Å²) in [6.07, 6.45) is 0.923. The normalized spacial score (nSPS) is 10.5. The van der Waals surface area contributed by atoms with Gasteiger partial charge in [0.1, 0.15) is 0 Å². The number of thiazole rings is 1. The van der Waals surface area contributed by atoms with Gasteiger partial charge in [-0.05, 0) is 18.6 Å². The van der Waals surface area contributed by atoms with E-state index in [-0.39, 0.29) is 5.91 Å². The molecular weight excluding hydrogens is 270 g/mol. The summed E-state index contributed by atoms with van der Waals surface area (Å²) in [5.74, 6) is -0.0459. The zero-order valence-electron chi connectivity index (χ0n) is 11.8. The summed E-state index contributed by atoms with van der Waals surface area (Å²) in [6, 6.07) is 7.84. The lowest BCUT2D eigenvalue weighted by Gasteiger charge is -2.10. The van der Waals surface area contributed by atoms with Crippen molar-refractivity contribution < 1.29 is 4.79 Å². The lowest BCUT2D eigenvalue weighted by atomic mass is 10.1. The third-order valence-electron chi connectivity index (χ3n) is 2.87. The highest BCUT2D eigenvalue weighted by atomic mass is 32.1. The standard InChI is InChI=1S/C15H19N3OS/c1-11(19)17-15-6-4-3-5-13(15)9-16-8-7-14-10-20-12(2)18-14/h3-6,10,16H,7-9H2,1-2H3,(H,17,19). The molecule has 1 amide bonds. The molecule has 2 rings (SSSR count). The van der Waals surface area contributed by atoms with Crippen molar-refractivity contribution in [3.8, 4) is 0 Å². The number of nitrogens with zero attached hydrogens (tertiary/aromatic N) is 1. The van der Waals surface area contributed by atoms with Crippen LogP contribution in [0.2, 0.25) is 0 Å². The van der Waals surface area contributed by atoms with Crippen molar-refractivity contribution in [3.05, 3.63) is 45.9 Å². The molecule has 0 spiro atoms. The summed E-state index contributed by atoms with van der Waals surface area (Å²) >= 11 is 1.68. The Hall–Kier alpha value is -1.72. The van der Waals surface area contributed by atoms with Gasteiger partial charge >= 0.3 is 0 Å². The minimum atomic E-state index is -0.0459. The highest BCUT2D eigenvalue weighted by Crippen LogP contribution is 2.14. The summed E-state index contributed by atoms with van der Waals surface area (Å²) in [6.45, 7) is 5.15. The largest absolute Gasteiger partial charge is 0.326 e. The van der Waals surface area contributed by atoms with E-state index in [2.05, 4.69) is 21.0 Å². The maximum atomic E-state index is 11.1. The van der Waals surface area contributed by atoms with Gasteiger partial charge in [-0.25, -0.2) is 4.98 Å². The zero-order chi connectivity index (χ0) is 14.4. The van der Waals surface area contributed by atoms with Gasteiger partial charge in [0.05, 0.1) is 10.7 Å². The zero-order valence-corrected chi connectivity index (χ0v) is 12.6. The number of benzene rings is 1. The first-order valence-corrected chi connectivity index (χ1v) is 7.50. The first-order chi connectivity index (χ1) is 9.65. The molecule has 0 saturated carbocycles. The van der Waals surface area contributed by atoms with Crippen LogP contribution in [0.25, 0.3) is 0 Å². The maximum absolute atomic E-state index is 11.1. The fourth-order valence-corrected chi connectivity index (χ4v) is 2.60. The molecular formula is C15H19N3OS. The molecule has 20 heavy (non-hydrogen) atoms. The molecule has 2 N–H and O–H groups in total. The first-order valence-electron chi connectivity index (χ1n) is 6.62. The third-order valence-corrected chi connectivity index (χ3v) is 3.69. The van der Waals surface area contributed by atoms with E-state index in [1.165, 1.54) is 6.92 Å². The van der Waals surface area contributed by atoms with E-state index >= 15 is 0 Å². The van der Waals surface area contributed by atoms with Crippen LogP contribution in [0.15, 0.2) is 29.6 Å². The van der Waals surface area contributed by atoms with E-state index in [0.717, 1.165) is 41.5 Å². The number of carbonyl (C=O) groups excluding carboxylic acids is 1. The van der Waals surface area contributed by atoms with Gasteiger partial charge < -0.3 is 10.6 Å². The van der Waals surface area contributed by atoms with Crippen LogP contribution in [-0.2, 0) is 17.8 Å². The van der Waals surface area contributed by atoms with Crippen molar-refractivity contribution in [1.29, 1.82) is 0 Å². The van der Waals surface area contributed by atoms with Crippen molar-refractivity contribution in [2.75, 3.05) is 11.9 Å². The lowest BCUT2D eigenvalue weighted by Crippen LogP contribution is -2.18. The Kier molecular flexibility index (Phi) is 5.26. The number of nitrogens with one attached hydrogen (secondary N) is 2. The van der Waals surface area contributed by atoms with E-state index in [0.29, 0.717) is 0 Å². The monoisotopic (exact) mass is 289 g/mol. The van der Waals surface area contributed by atoms with Gasteiger partial charge in [0.15, 0.2) is 0 Å². The average molecular weight is 289 g/mol. The highest BCUT2D eigenvalue weighted by molar-refractivity contribution is 7.09. The summed E-state index contributed by atoms with van der Waals surface area (Å²) in [7, 11) is 0. The Morgan fingerprint density at radius 2 is 2.15 bits per heavy atom. The molecule has 2 aromatic rings. The number of hydrogen-bond acceptors (Lipinski definition) is 4. The average Bonchev–Trinajstić information content (AvgIpc) is 2.81. The Morgan fingerprint density at radius 3 is 2.85 bits per heavy atom. The molecule has 0 radical (unpaired) electrons. The second kappa shape index (κ2) is 7.17. The molecule has 0 saturated heterocycles. The number of anilines is 1. The quantitative estimate of drug-likeness (QED) is 0.804.